The lowest BCUT2D eigenvalue weighted by Gasteiger charge is -2.04. The van der Waals surface area contributed by atoms with Crippen LogP contribution in [0.15, 0.2) is 40.9 Å². The SMILES string of the molecule is Cc1ccc(-c2nc3cccc(C)n3c2N)c(Br)c1. The average molecular weight is 316 g/mol. The summed E-state index contributed by atoms with van der Waals surface area (Å²) in [6.45, 7) is 4.09. The van der Waals surface area contributed by atoms with Crippen LogP contribution in [0.2, 0.25) is 0 Å². The number of halogens is 1. The van der Waals surface area contributed by atoms with Crippen LogP contribution < -0.4 is 5.73 Å². The predicted octanol–water partition coefficient (Wildman–Crippen LogP) is 3.96. The normalized spacial score (nSPS) is 11.1. The first kappa shape index (κ1) is 12.2. The Kier molecular flexibility index (Phi) is 2.82. The molecule has 1 aromatic carbocycles. The van der Waals surface area contributed by atoms with E-state index >= 15 is 0 Å². The van der Waals surface area contributed by atoms with E-state index < -0.39 is 0 Å². The Balaban J connectivity index is 2.31. The van der Waals surface area contributed by atoms with E-state index in [0.29, 0.717) is 5.82 Å². The molecule has 96 valence electrons. The number of fused-ring (bicyclic) bond motifs is 1. The molecular formula is C15H14BrN3. The molecule has 0 aliphatic carbocycles. The summed E-state index contributed by atoms with van der Waals surface area (Å²) in [6.07, 6.45) is 0. The van der Waals surface area contributed by atoms with Crippen molar-refractivity contribution in [2.24, 2.45) is 0 Å². The van der Waals surface area contributed by atoms with Crippen LogP contribution in [0.4, 0.5) is 5.82 Å². The fourth-order valence-corrected chi connectivity index (χ4v) is 2.97. The standard InChI is InChI=1S/C15H14BrN3/c1-9-6-7-11(12(16)8-9)14-15(17)19-10(2)4-3-5-13(19)18-14/h3-8H,17H2,1-2H3. The number of nitrogens with two attached hydrogens (primary N) is 1. The first-order valence-electron chi connectivity index (χ1n) is 6.08. The third kappa shape index (κ3) is 1.92. The number of hydrogen-bond acceptors (Lipinski definition) is 2. The van der Waals surface area contributed by atoms with Crippen LogP contribution in [0.5, 0.6) is 0 Å². The Morgan fingerprint density at radius 3 is 2.63 bits per heavy atom. The minimum atomic E-state index is 0.678. The van der Waals surface area contributed by atoms with Crippen molar-refractivity contribution in [1.82, 2.24) is 9.38 Å². The lowest BCUT2D eigenvalue weighted by Crippen LogP contribution is -1.97. The number of nitrogen functional groups attached to an aromatic ring is 1. The van der Waals surface area contributed by atoms with Gasteiger partial charge >= 0.3 is 0 Å². The molecular weight excluding hydrogens is 302 g/mol. The Labute approximate surface area is 120 Å². The summed E-state index contributed by atoms with van der Waals surface area (Å²) < 4.78 is 2.99. The fraction of sp³-hybridized carbons (Fsp3) is 0.133. The zero-order valence-electron chi connectivity index (χ0n) is 10.8. The maximum Gasteiger partial charge on any atom is 0.139 e. The smallest absolute Gasteiger partial charge is 0.139 e. The maximum atomic E-state index is 6.26. The number of aromatic nitrogens is 2. The molecule has 4 heteroatoms. The number of pyridine rings is 1. The minimum absolute atomic E-state index is 0.678. The van der Waals surface area contributed by atoms with Gasteiger partial charge in [0.1, 0.15) is 17.2 Å². The Hall–Kier alpha value is -1.81. The molecule has 3 nitrogen and oxygen atoms in total. The number of imidazole rings is 1. The molecule has 2 N–H and O–H groups in total. The molecule has 0 amide bonds. The van der Waals surface area contributed by atoms with Gasteiger partial charge in [0.25, 0.3) is 0 Å². The van der Waals surface area contributed by atoms with E-state index in [0.717, 1.165) is 27.1 Å². The van der Waals surface area contributed by atoms with Gasteiger partial charge in [-0.05, 0) is 37.6 Å². The van der Waals surface area contributed by atoms with Gasteiger partial charge in [0.05, 0.1) is 0 Å². The zero-order chi connectivity index (χ0) is 13.6. The first-order chi connectivity index (χ1) is 9.08. The molecule has 3 aromatic rings. The summed E-state index contributed by atoms with van der Waals surface area (Å²) in [4.78, 5) is 4.64. The van der Waals surface area contributed by atoms with Crippen molar-refractivity contribution >= 4 is 27.4 Å². The topological polar surface area (TPSA) is 43.3 Å². The van der Waals surface area contributed by atoms with E-state index in [9.17, 15) is 0 Å². The van der Waals surface area contributed by atoms with E-state index in [1.807, 2.05) is 35.6 Å². The molecule has 19 heavy (non-hydrogen) atoms. The monoisotopic (exact) mass is 315 g/mol. The number of benzene rings is 1. The number of aryl methyl sites for hydroxylation is 2. The van der Waals surface area contributed by atoms with E-state index in [1.165, 1.54) is 5.56 Å². The van der Waals surface area contributed by atoms with Crippen molar-refractivity contribution in [3.05, 3.63) is 52.1 Å². The van der Waals surface area contributed by atoms with Crippen molar-refractivity contribution in [2.75, 3.05) is 5.73 Å². The van der Waals surface area contributed by atoms with E-state index in [4.69, 9.17) is 5.73 Å². The summed E-state index contributed by atoms with van der Waals surface area (Å²) in [7, 11) is 0. The molecule has 0 saturated heterocycles. The second-order valence-electron chi connectivity index (χ2n) is 4.69. The Morgan fingerprint density at radius 1 is 1.16 bits per heavy atom. The van der Waals surface area contributed by atoms with Crippen molar-refractivity contribution in [3.8, 4) is 11.3 Å². The van der Waals surface area contributed by atoms with Gasteiger partial charge in [-0.25, -0.2) is 4.98 Å². The van der Waals surface area contributed by atoms with Gasteiger partial charge in [-0.1, -0.05) is 34.1 Å². The second-order valence-corrected chi connectivity index (χ2v) is 5.54. The van der Waals surface area contributed by atoms with Crippen molar-refractivity contribution in [3.63, 3.8) is 0 Å². The molecule has 0 bridgehead atoms. The van der Waals surface area contributed by atoms with Crippen LogP contribution in [0.25, 0.3) is 16.9 Å². The second kappa shape index (κ2) is 4.38. The van der Waals surface area contributed by atoms with E-state index in [1.54, 1.807) is 0 Å². The molecule has 0 aliphatic heterocycles. The summed E-state index contributed by atoms with van der Waals surface area (Å²) in [5, 5.41) is 0. The third-order valence-electron chi connectivity index (χ3n) is 3.25. The maximum absolute atomic E-state index is 6.26. The summed E-state index contributed by atoms with van der Waals surface area (Å²) in [5.74, 6) is 0.678. The molecule has 0 spiro atoms. The Morgan fingerprint density at radius 2 is 1.95 bits per heavy atom. The van der Waals surface area contributed by atoms with Gasteiger partial charge in [-0.3, -0.25) is 4.40 Å². The predicted molar refractivity (Wildman–Crippen MR) is 82.2 cm³/mol. The molecule has 2 heterocycles. The fourth-order valence-electron chi connectivity index (χ4n) is 2.29. The molecule has 0 atom stereocenters. The summed E-state index contributed by atoms with van der Waals surface area (Å²) in [6, 6.07) is 12.2. The highest BCUT2D eigenvalue weighted by molar-refractivity contribution is 9.10. The van der Waals surface area contributed by atoms with Gasteiger partial charge in [-0.2, -0.15) is 0 Å². The highest BCUT2D eigenvalue weighted by atomic mass is 79.9. The van der Waals surface area contributed by atoms with Crippen molar-refractivity contribution < 1.29 is 0 Å². The third-order valence-corrected chi connectivity index (χ3v) is 3.91. The van der Waals surface area contributed by atoms with Gasteiger partial charge in [0, 0.05) is 15.7 Å². The van der Waals surface area contributed by atoms with Gasteiger partial charge in [0.15, 0.2) is 0 Å². The van der Waals surface area contributed by atoms with Crippen LogP contribution in [0.3, 0.4) is 0 Å². The molecule has 2 aromatic heterocycles. The van der Waals surface area contributed by atoms with Crippen LogP contribution in [-0.2, 0) is 0 Å². The quantitative estimate of drug-likeness (QED) is 0.738. The van der Waals surface area contributed by atoms with Crippen LogP contribution in [-0.4, -0.2) is 9.38 Å². The number of nitrogens with zero attached hydrogens (tertiary/aromatic N) is 2. The van der Waals surface area contributed by atoms with Gasteiger partial charge < -0.3 is 5.73 Å². The van der Waals surface area contributed by atoms with Crippen LogP contribution >= 0.6 is 15.9 Å². The summed E-state index contributed by atoms with van der Waals surface area (Å²) >= 11 is 3.59. The molecule has 0 fully saturated rings. The number of anilines is 1. The lowest BCUT2D eigenvalue weighted by molar-refractivity contribution is 1.10. The van der Waals surface area contributed by atoms with E-state index in [2.05, 4.69) is 40.0 Å². The molecule has 0 aliphatic rings. The molecule has 0 radical (unpaired) electrons. The zero-order valence-corrected chi connectivity index (χ0v) is 12.4. The van der Waals surface area contributed by atoms with E-state index in [-0.39, 0.29) is 0 Å². The number of hydrogen-bond donors (Lipinski definition) is 1. The molecule has 3 rings (SSSR count). The molecule has 0 unspecified atom stereocenters. The van der Waals surface area contributed by atoms with Gasteiger partial charge in [-0.15, -0.1) is 0 Å². The van der Waals surface area contributed by atoms with Crippen molar-refractivity contribution in [2.45, 2.75) is 13.8 Å². The first-order valence-corrected chi connectivity index (χ1v) is 6.87. The lowest BCUT2D eigenvalue weighted by atomic mass is 10.1. The highest BCUT2D eigenvalue weighted by Crippen LogP contribution is 2.33. The number of rotatable bonds is 1. The largest absolute Gasteiger partial charge is 0.383 e. The van der Waals surface area contributed by atoms with Crippen molar-refractivity contribution in [1.29, 1.82) is 0 Å². The Bertz CT molecular complexity index is 774. The molecule has 0 saturated carbocycles. The highest BCUT2D eigenvalue weighted by Gasteiger charge is 2.14. The van der Waals surface area contributed by atoms with Gasteiger partial charge in [0.2, 0.25) is 0 Å². The van der Waals surface area contributed by atoms with Crippen LogP contribution in [0, 0.1) is 13.8 Å². The average Bonchev–Trinajstić information content (AvgIpc) is 2.68. The summed E-state index contributed by atoms with van der Waals surface area (Å²) in [5.41, 5.74) is 11.3. The minimum Gasteiger partial charge on any atom is -0.383 e. The van der Waals surface area contributed by atoms with Crippen LogP contribution in [0.1, 0.15) is 11.3 Å².